The molecule has 4 rings (SSSR count). The fourth-order valence-electron chi connectivity index (χ4n) is 5.55. The van der Waals surface area contributed by atoms with E-state index in [1.165, 1.54) is 5.56 Å². The van der Waals surface area contributed by atoms with Crippen LogP contribution in [0.3, 0.4) is 0 Å². The zero-order valence-electron chi connectivity index (χ0n) is 27.3. The van der Waals surface area contributed by atoms with Gasteiger partial charge in [0.1, 0.15) is 24.1 Å². The summed E-state index contributed by atoms with van der Waals surface area (Å²) in [5, 5.41) is 7.95. The maximum absolute atomic E-state index is 12.8. The first kappa shape index (κ1) is 34.7. The van der Waals surface area contributed by atoms with Crippen LogP contribution in [0, 0.1) is 42.4 Å². The summed E-state index contributed by atoms with van der Waals surface area (Å²) in [5.41, 5.74) is 4.53. The number of hydrogen-bond donors (Lipinski definition) is 1. The van der Waals surface area contributed by atoms with Crippen molar-refractivity contribution in [3.8, 4) is 11.8 Å². The second-order valence-corrected chi connectivity index (χ2v) is 12.6. The molecule has 2 heterocycles. The van der Waals surface area contributed by atoms with E-state index in [9.17, 15) is 9.59 Å². The highest BCUT2D eigenvalue weighted by molar-refractivity contribution is 5.90. The van der Waals surface area contributed by atoms with Crippen LogP contribution >= 0.6 is 0 Å². The highest BCUT2D eigenvalue weighted by Gasteiger charge is 2.30. The number of cyclic esters (lactones) is 1. The van der Waals surface area contributed by atoms with Gasteiger partial charge < -0.3 is 19.0 Å². The van der Waals surface area contributed by atoms with Crippen LogP contribution in [0.4, 0.5) is 0 Å². The maximum atomic E-state index is 12.8. The number of aryl methyl sites for hydroxylation is 1. The molecule has 1 fully saturated rings. The van der Waals surface area contributed by atoms with E-state index in [2.05, 4.69) is 58.6 Å². The van der Waals surface area contributed by atoms with Crippen molar-refractivity contribution in [2.24, 2.45) is 23.7 Å². The molecule has 236 valence electrons. The SMILES string of the molecule is CO.Cc1ccc(C#Cc2ccc3oc(CC(C)C(=O)OCC4C/C(=C\CC(CC(C)C)CC(C)C)C(=O)O4)cc3c2)cc1. The molecule has 2 unspecified atom stereocenters. The summed E-state index contributed by atoms with van der Waals surface area (Å²) in [5.74, 6) is 7.91. The third-order valence-electron chi connectivity index (χ3n) is 7.58. The Morgan fingerprint density at radius 1 is 0.977 bits per heavy atom. The molecule has 0 bridgehead atoms. The van der Waals surface area contributed by atoms with Gasteiger partial charge in [0.15, 0.2) is 0 Å². The van der Waals surface area contributed by atoms with E-state index >= 15 is 0 Å². The molecule has 1 aromatic heterocycles. The van der Waals surface area contributed by atoms with Gasteiger partial charge >= 0.3 is 11.9 Å². The van der Waals surface area contributed by atoms with Crippen molar-refractivity contribution in [2.75, 3.05) is 13.7 Å². The smallest absolute Gasteiger partial charge is 0.334 e. The molecule has 1 aliphatic heterocycles. The minimum absolute atomic E-state index is 0.0663. The van der Waals surface area contributed by atoms with Gasteiger partial charge in [0.2, 0.25) is 0 Å². The second-order valence-electron chi connectivity index (χ2n) is 12.6. The van der Waals surface area contributed by atoms with E-state index in [0.29, 0.717) is 41.9 Å². The molecule has 2 aromatic carbocycles. The third-order valence-corrected chi connectivity index (χ3v) is 7.58. The Bertz CT molecular complexity index is 1450. The number of carbonyl (C=O) groups excluding carboxylic acids is 2. The van der Waals surface area contributed by atoms with E-state index in [4.69, 9.17) is 19.0 Å². The predicted molar refractivity (Wildman–Crippen MR) is 175 cm³/mol. The number of rotatable bonds is 11. The van der Waals surface area contributed by atoms with Crippen molar-refractivity contribution < 1.29 is 28.6 Å². The van der Waals surface area contributed by atoms with Crippen molar-refractivity contribution in [3.63, 3.8) is 0 Å². The molecule has 6 heteroatoms. The van der Waals surface area contributed by atoms with E-state index in [1.807, 2.05) is 49.4 Å². The number of ether oxygens (including phenoxy) is 2. The van der Waals surface area contributed by atoms with Gasteiger partial charge in [-0.05, 0) is 80.3 Å². The van der Waals surface area contributed by atoms with Gasteiger partial charge in [0, 0.05) is 42.0 Å². The Kier molecular flexibility index (Phi) is 13.3. The first-order valence-electron chi connectivity index (χ1n) is 15.7. The van der Waals surface area contributed by atoms with Gasteiger partial charge in [-0.1, -0.05) is 70.2 Å². The zero-order chi connectivity index (χ0) is 32.2. The summed E-state index contributed by atoms with van der Waals surface area (Å²) in [6.45, 7) is 12.9. The van der Waals surface area contributed by atoms with Crippen LogP contribution in [0.5, 0.6) is 0 Å². The number of hydrogen-bond acceptors (Lipinski definition) is 6. The Morgan fingerprint density at radius 3 is 2.27 bits per heavy atom. The van der Waals surface area contributed by atoms with Crippen LogP contribution in [-0.2, 0) is 25.5 Å². The Hall–Kier alpha value is -3.82. The topological polar surface area (TPSA) is 86.0 Å². The number of esters is 2. The average molecular weight is 601 g/mol. The largest absolute Gasteiger partial charge is 0.462 e. The van der Waals surface area contributed by atoms with Crippen molar-refractivity contribution in [1.29, 1.82) is 0 Å². The summed E-state index contributed by atoms with van der Waals surface area (Å²) in [6, 6.07) is 15.9. The molecular formula is C38H48O6. The van der Waals surface area contributed by atoms with Gasteiger partial charge in [-0.2, -0.15) is 0 Å². The maximum Gasteiger partial charge on any atom is 0.334 e. The van der Waals surface area contributed by atoms with Crippen LogP contribution in [0.25, 0.3) is 11.0 Å². The fourth-order valence-corrected chi connectivity index (χ4v) is 5.55. The summed E-state index contributed by atoms with van der Waals surface area (Å²) in [6.07, 6.45) is 5.68. The molecule has 0 radical (unpaired) electrons. The van der Waals surface area contributed by atoms with E-state index < -0.39 is 12.0 Å². The molecule has 44 heavy (non-hydrogen) atoms. The van der Waals surface area contributed by atoms with E-state index in [1.54, 1.807) is 0 Å². The van der Waals surface area contributed by atoms with Gasteiger partial charge in [-0.3, -0.25) is 4.79 Å². The summed E-state index contributed by atoms with van der Waals surface area (Å²) >= 11 is 0. The standard InChI is InChI=1S/C37H44O5.CH4O/c1-24(2)17-30(18-25(3)4)13-15-31-21-34(42-37(31)39)23-40-36(38)27(6)19-33-22-32-20-29(14-16-35(32)41-33)12-11-28-9-7-26(5)8-10-28;1-2/h7-10,14-16,20,22,24-25,27,30,34H,13,17-19,21,23H2,1-6H3;2H,1H3/b31-15+;. The second kappa shape index (κ2) is 16.9. The van der Waals surface area contributed by atoms with Crippen molar-refractivity contribution in [1.82, 2.24) is 0 Å². The summed E-state index contributed by atoms with van der Waals surface area (Å²) < 4.78 is 17.1. The lowest BCUT2D eigenvalue weighted by atomic mass is 9.86. The van der Waals surface area contributed by atoms with Crippen LogP contribution in [0.2, 0.25) is 0 Å². The van der Waals surface area contributed by atoms with E-state index in [0.717, 1.165) is 48.5 Å². The Labute approximate surface area is 262 Å². The lowest BCUT2D eigenvalue weighted by Gasteiger charge is -2.19. The molecular weight excluding hydrogens is 552 g/mol. The number of allylic oxidation sites excluding steroid dienone is 1. The molecule has 1 saturated heterocycles. The summed E-state index contributed by atoms with van der Waals surface area (Å²) in [7, 11) is 1.00. The van der Waals surface area contributed by atoms with Crippen LogP contribution in [-0.4, -0.2) is 36.9 Å². The normalized spacial score (nSPS) is 16.1. The highest BCUT2D eigenvalue weighted by Crippen LogP contribution is 2.28. The lowest BCUT2D eigenvalue weighted by Crippen LogP contribution is -2.23. The quantitative estimate of drug-likeness (QED) is 0.137. The number of carbonyl (C=O) groups is 2. The molecule has 6 nitrogen and oxygen atoms in total. The van der Waals surface area contributed by atoms with Gasteiger partial charge in [-0.25, -0.2) is 4.79 Å². The molecule has 3 aromatic rings. The Morgan fingerprint density at radius 2 is 1.61 bits per heavy atom. The minimum Gasteiger partial charge on any atom is -0.462 e. The molecule has 0 spiro atoms. The monoisotopic (exact) mass is 600 g/mol. The number of fused-ring (bicyclic) bond motifs is 1. The van der Waals surface area contributed by atoms with E-state index in [-0.39, 0.29) is 18.5 Å². The first-order valence-corrected chi connectivity index (χ1v) is 15.7. The van der Waals surface area contributed by atoms with Gasteiger partial charge in [0.25, 0.3) is 0 Å². The number of furan rings is 1. The van der Waals surface area contributed by atoms with Gasteiger partial charge in [-0.15, -0.1) is 0 Å². The molecule has 2 atom stereocenters. The minimum atomic E-state index is -0.431. The zero-order valence-corrected chi connectivity index (χ0v) is 27.3. The highest BCUT2D eigenvalue weighted by atomic mass is 16.6. The number of aliphatic hydroxyl groups is 1. The lowest BCUT2D eigenvalue weighted by molar-refractivity contribution is -0.155. The fraction of sp³-hybridized carbons (Fsp3) is 0.474. The van der Waals surface area contributed by atoms with Gasteiger partial charge in [0.05, 0.1) is 5.92 Å². The molecule has 1 N–H and O–H groups in total. The number of aliphatic hydroxyl groups excluding tert-OH is 1. The first-order chi connectivity index (χ1) is 21.0. The van der Waals surface area contributed by atoms with Crippen LogP contribution < -0.4 is 0 Å². The molecule has 1 aliphatic rings. The number of benzene rings is 2. The molecule has 0 saturated carbocycles. The van der Waals surface area contributed by atoms with Crippen molar-refractivity contribution in [2.45, 2.75) is 79.8 Å². The van der Waals surface area contributed by atoms with Crippen molar-refractivity contribution in [3.05, 3.63) is 82.6 Å². The molecule has 0 amide bonds. The Balaban J connectivity index is 0.00000259. The summed E-state index contributed by atoms with van der Waals surface area (Å²) in [4.78, 5) is 25.2. The third kappa shape index (κ3) is 10.7. The van der Waals surface area contributed by atoms with Crippen LogP contribution in [0.15, 0.2) is 64.6 Å². The average Bonchev–Trinajstić information content (AvgIpc) is 3.56. The predicted octanol–water partition coefficient (Wildman–Crippen LogP) is 7.81. The van der Waals surface area contributed by atoms with Crippen molar-refractivity contribution >= 4 is 22.9 Å². The van der Waals surface area contributed by atoms with Crippen LogP contribution in [0.1, 0.15) is 82.8 Å². The molecule has 0 aliphatic carbocycles.